The molecule has 1 heterocycles. The molecule has 0 aliphatic carbocycles. The smallest absolute Gasteiger partial charge is 0.410 e. The molecule has 2 amide bonds. The second-order valence-corrected chi connectivity index (χ2v) is 7.01. The van der Waals surface area contributed by atoms with Crippen LogP contribution in [0.4, 0.5) is 14.9 Å². The van der Waals surface area contributed by atoms with Gasteiger partial charge in [-0.1, -0.05) is 11.6 Å². The van der Waals surface area contributed by atoms with Crippen molar-refractivity contribution < 1.29 is 18.7 Å². The molecule has 0 aromatic heterocycles. The van der Waals surface area contributed by atoms with Crippen molar-refractivity contribution in [3.05, 3.63) is 28.5 Å². The van der Waals surface area contributed by atoms with E-state index in [9.17, 15) is 14.0 Å². The quantitative estimate of drug-likeness (QED) is 0.882. The highest BCUT2D eigenvalue weighted by Crippen LogP contribution is 2.27. The largest absolute Gasteiger partial charge is 0.444 e. The van der Waals surface area contributed by atoms with Gasteiger partial charge in [0.05, 0.1) is 10.6 Å². The van der Waals surface area contributed by atoms with E-state index < -0.39 is 17.3 Å². The summed E-state index contributed by atoms with van der Waals surface area (Å²) >= 11 is 5.95. The second kappa shape index (κ2) is 6.84. The van der Waals surface area contributed by atoms with E-state index in [0.717, 1.165) is 0 Å². The molecule has 1 aliphatic heterocycles. The molecule has 6 nitrogen and oxygen atoms in total. The zero-order chi connectivity index (χ0) is 18.1. The summed E-state index contributed by atoms with van der Waals surface area (Å²) in [6, 6.07) is 2.74. The number of benzene rings is 1. The van der Waals surface area contributed by atoms with E-state index >= 15 is 0 Å². The number of hydrogen-bond donors (Lipinski definition) is 1. The molecule has 1 fully saturated rings. The minimum Gasteiger partial charge on any atom is -0.444 e. The predicted octanol–water partition coefficient (Wildman–Crippen LogP) is 2.64. The van der Waals surface area contributed by atoms with Crippen molar-refractivity contribution >= 4 is 29.3 Å². The summed E-state index contributed by atoms with van der Waals surface area (Å²) in [5.74, 6) is -1.65. The van der Waals surface area contributed by atoms with Crippen molar-refractivity contribution in [2.75, 3.05) is 31.1 Å². The Morgan fingerprint density at radius 3 is 2.25 bits per heavy atom. The van der Waals surface area contributed by atoms with Crippen molar-refractivity contribution in [3.63, 3.8) is 0 Å². The predicted molar refractivity (Wildman–Crippen MR) is 89.9 cm³/mol. The Morgan fingerprint density at radius 1 is 1.21 bits per heavy atom. The fourth-order valence-corrected chi connectivity index (χ4v) is 2.75. The van der Waals surface area contributed by atoms with Crippen molar-refractivity contribution in [2.24, 2.45) is 5.73 Å². The van der Waals surface area contributed by atoms with Gasteiger partial charge in [-0.05, 0) is 32.9 Å². The minimum absolute atomic E-state index is 0.0212. The molecule has 1 aromatic rings. The molecule has 1 aromatic carbocycles. The molecule has 0 radical (unpaired) electrons. The van der Waals surface area contributed by atoms with Crippen LogP contribution in [-0.2, 0) is 4.74 Å². The van der Waals surface area contributed by atoms with Gasteiger partial charge in [0.1, 0.15) is 11.4 Å². The highest BCUT2D eigenvalue weighted by atomic mass is 35.5. The number of piperazine rings is 1. The topological polar surface area (TPSA) is 75.9 Å². The van der Waals surface area contributed by atoms with Gasteiger partial charge in [0.2, 0.25) is 0 Å². The number of halogens is 2. The van der Waals surface area contributed by atoms with Crippen LogP contribution in [0.15, 0.2) is 12.1 Å². The molecule has 1 saturated heterocycles. The van der Waals surface area contributed by atoms with Gasteiger partial charge in [-0.15, -0.1) is 0 Å². The molecular weight excluding hydrogens is 337 g/mol. The molecule has 24 heavy (non-hydrogen) atoms. The van der Waals surface area contributed by atoms with E-state index in [-0.39, 0.29) is 16.7 Å². The number of hydrogen-bond acceptors (Lipinski definition) is 4. The number of nitrogens with zero attached hydrogens (tertiary/aromatic N) is 2. The molecule has 0 unspecified atom stereocenters. The van der Waals surface area contributed by atoms with Crippen LogP contribution in [0, 0.1) is 5.82 Å². The number of amides is 2. The van der Waals surface area contributed by atoms with Crippen LogP contribution in [0.25, 0.3) is 0 Å². The van der Waals surface area contributed by atoms with E-state index in [1.807, 2.05) is 25.7 Å². The molecule has 1 aliphatic rings. The SMILES string of the molecule is CC(C)(C)OC(=O)N1CCN(c2cc(F)c(C(N)=O)c(Cl)c2)CC1. The first kappa shape index (κ1) is 18.3. The number of rotatable bonds is 2. The maximum absolute atomic E-state index is 14.0. The van der Waals surface area contributed by atoms with Crippen LogP contribution < -0.4 is 10.6 Å². The van der Waals surface area contributed by atoms with Gasteiger partial charge in [0.25, 0.3) is 5.91 Å². The number of carbonyl (C=O) groups is 2. The summed E-state index contributed by atoms with van der Waals surface area (Å²) in [5.41, 5.74) is 4.80. The minimum atomic E-state index is -0.904. The van der Waals surface area contributed by atoms with Gasteiger partial charge in [-0.2, -0.15) is 0 Å². The Balaban J connectivity index is 2.05. The third kappa shape index (κ3) is 4.29. The van der Waals surface area contributed by atoms with Crippen LogP contribution in [0.1, 0.15) is 31.1 Å². The van der Waals surface area contributed by atoms with Crippen LogP contribution in [-0.4, -0.2) is 48.7 Å². The first-order valence-electron chi connectivity index (χ1n) is 7.60. The fraction of sp³-hybridized carbons (Fsp3) is 0.500. The van der Waals surface area contributed by atoms with E-state index in [4.69, 9.17) is 22.1 Å². The Hall–Kier alpha value is -2.02. The molecule has 0 saturated carbocycles. The van der Waals surface area contributed by atoms with Gasteiger partial charge < -0.3 is 20.3 Å². The fourth-order valence-electron chi connectivity index (χ4n) is 2.45. The summed E-state index contributed by atoms with van der Waals surface area (Å²) in [6.45, 7) is 7.35. The number of carbonyl (C=O) groups excluding carboxylic acids is 2. The molecule has 2 N–H and O–H groups in total. The zero-order valence-electron chi connectivity index (χ0n) is 13.9. The summed E-state index contributed by atoms with van der Waals surface area (Å²) < 4.78 is 19.3. The third-order valence-corrected chi connectivity index (χ3v) is 3.87. The van der Waals surface area contributed by atoms with Crippen molar-refractivity contribution in [1.29, 1.82) is 0 Å². The van der Waals surface area contributed by atoms with Crippen LogP contribution in [0.5, 0.6) is 0 Å². The summed E-state index contributed by atoms with van der Waals surface area (Å²) in [4.78, 5) is 26.7. The summed E-state index contributed by atoms with van der Waals surface area (Å²) in [6.07, 6.45) is -0.365. The van der Waals surface area contributed by atoms with Gasteiger partial charge in [-0.25, -0.2) is 9.18 Å². The normalized spacial score (nSPS) is 15.4. The Bertz CT molecular complexity index is 629. The van der Waals surface area contributed by atoms with Crippen LogP contribution in [0.3, 0.4) is 0 Å². The van der Waals surface area contributed by atoms with Crippen molar-refractivity contribution in [2.45, 2.75) is 26.4 Å². The average Bonchev–Trinajstić information content (AvgIpc) is 2.44. The molecule has 8 heteroatoms. The molecule has 2 rings (SSSR count). The van der Waals surface area contributed by atoms with Crippen LogP contribution >= 0.6 is 11.6 Å². The van der Waals surface area contributed by atoms with Crippen LogP contribution in [0.2, 0.25) is 5.02 Å². The lowest BCUT2D eigenvalue weighted by atomic mass is 10.1. The van der Waals surface area contributed by atoms with Gasteiger partial charge in [0, 0.05) is 31.9 Å². The highest BCUT2D eigenvalue weighted by Gasteiger charge is 2.26. The number of primary amides is 1. The number of nitrogens with two attached hydrogens (primary N) is 1. The lowest BCUT2D eigenvalue weighted by Crippen LogP contribution is -2.50. The van der Waals surface area contributed by atoms with Gasteiger partial charge >= 0.3 is 6.09 Å². The van der Waals surface area contributed by atoms with E-state index in [1.165, 1.54) is 12.1 Å². The van der Waals surface area contributed by atoms with E-state index in [0.29, 0.717) is 31.9 Å². The van der Waals surface area contributed by atoms with Crippen molar-refractivity contribution in [3.8, 4) is 0 Å². The molecule has 0 atom stereocenters. The average molecular weight is 358 g/mol. The first-order chi connectivity index (χ1) is 11.1. The second-order valence-electron chi connectivity index (χ2n) is 6.60. The number of ether oxygens (including phenoxy) is 1. The van der Waals surface area contributed by atoms with E-state index in [2.05, 4.69) is 0 Å². The Morgan fingerprint density at radius 2 is 1.79 bits per heavy atom. The lowest BCUT2D eigenvalue weighted by molar-refractivity contribution is 0.0240. The van der Waals surface area contributed by atoms with Gasteiger partial charge in [-0.3, -0.25) is 4.79 Å². The summed E-state index contributed by atoms with van der Waals surface area (Å²) in [7, 11) is 0. The van der Waals surface area contributed by atoms with Crippen molar-refractivity contribution in [1.82, 2.24) is 4.90 Å². The molecule has 0 bridgehead atoms. The maximum Gasteiger partial charge on any atom is 0.410 e. The number of anilines is 1. The molecule has 0 spiro atoms. The Kier molecular flexibility index (Phi) is 5.22. The Labute approximate surface area is 145 Å². The lowest BCUT2D eigenvalue weighted by Gasteiger charge is -2.36. The first-order valence-corrected chi connectivity index (χ1v) is 7.98. The zero-order valence-corrected chi connectivity index (χ0v) is 14.7. The standard InChI is InChI=1S/C16H21ClFN3O3/c1-16(2,3)24-15(23)21-6-4-20(5-7-21)10-8-11(17)13(14(19)22)12(18)9-10/h8-9H,4-7H2,1-3H3,(H2,19,22). The summed E-state index contributed by atoms with van der Waals surface area (Å²) in [5, 5.41) is -0.0212. The maximum atomic E-state index is 14.0. The molecule has 132 valence electrons. The highest BCUT2D eigenvalue weighted by molar-refractivity contribution is 6.34. The third-order valence-electron chi connectivity index (χ3n) is 3.57. The van der Waals surface area contributed by atoms with E-state index in [1.54, 1.807) is 4.90 Å². The monoisotopic (exact) mass is 357 g/mol. The van der Waals surface area contributed by atoms with Gasteiger partial charge in [0.15, 0.2) is 0 Å². The molecular formula is C16H21ClFN3O3.